The molecule has 0 heterocycles. The predicted molar refractivity (Wildman–Crippen MR) is 67.7 cm³/mol. The molecule has 18 heavy (non-hydrogen) atoms. The Bertz CT molecular complexity index is 611. The Kier molecular flexibility index (Phi) is 3.40. The second-order valence-corrected chi connectivity index (χ2v) is 3.60. The summed E-state index contributed by atoms with van der Waals surface area (Å²) in [6, 6.07) is 13.2. The zero-order valence-corrected chi connectivity index (χ0v) is 9.56. The molecule has 0 unspecified atom stereocenters. The molecule has 0 radical (unpaired) electrons. The lowest BCUT2D eigenvalue weighted by atomic mass is 10.2. The van der Waals surface area contributed by atoms with Crippen molar-refractivity contribution in [1.82, 2.24) is 0 Å². The van der Waals surface area contributed by atoms with Crippen LogP contribution in [0.1, 0.15) is 11.1 Å². The van der Waals surface area contributed by atoms with Crippen LogP contribution in [0.5, 0.6) is 11.5 Å². The van der Waals surface area contributed by atoms with Gasteiger partial charge in [-0.15, -0.1) is 0 Å². The summed E-state index contributed by atoms with van der Waals surface area (Å²) in [6.45, 7) is 3.65. The molecule has 0 bridgehead atoms. The summed E-state index contributed by atoms with van der Waals surface area (Å²) < 4.78 is 18.8. The second kappa shape index (κ2) is 5.15. The number of nitriles is 1. The van der Waals surface area contributed by atoms with Crippen LogP contribution in [0, 0.1) is 17.1 Å². The molecule has 0 aliphatic carbocycles. The lowest BCUT2D eigenvalue weighted by molar-refractivity contribution is 0.474. The highest BCUT2D eigenvalue weighted by Crippen LogP contribution is 2.26. The van der Waals surface area contributed by atoms with Crippen LogP contribution in [-0.2, 0) is 0 Å². The third-order valence-corrected chi connectivity index (χ3v) is 2.43. The quantitative estimate of drug-likeness (QED) is 0.806. The topological polar surface area (TPSA) is 33.0 Å². The fourth-order valence-corrected chi connectivity index (χ4v) is 1.50. The summed E-state index contributed by atoms with van der Waals surface area (Å²) in [6.07, 6.45) is 1.71. The van der Waals surface area contributed by atoms with Crippen LogP contribution in [0.25, 0.3) is 6.08 Å². The van der Waals surface area contributed by atoms with E-state index in [1.54, 1.807) is 30.3 Å². The van der Waals surface area contributed by atoms with E-state index in [1.807, 2.05) is 12.1 Å². The summed E-state index contributed by atoms with van der Waals surface area (Å²) in [5.74, 6) is 0.171. The van der Waals surface area contributed by atoms with Crippen molar-refractivity contribution in [2.24, 2.45) is 0 Å². The average Bonchev–Trinajstić information content (AvgIpc) is 2.40. The molecule has 0 aromatic heterocycles. The monoisotopic (exact) mass is 239 g/mol. The van der Waals surface area contributed by atoms with Gasteiger partial charge in [-0.3, -0.25) is 0 Å². The summed E-state index contributed by atoms with van der Waals surface area (Å²) in [4.78, 5) is 0. The van der Waals surface area contributed by atoms with E-state index in [1.165, 1.54) is 12.1 Å². The van der Waals surface area contributed by atoms with Crippen LogP contribution < -0.4 is 4.74 Å². The first-order chi connectivity index (χ1) is 8.74. The average molecular weight is 239 g/mol. The molecule has 2 aromatic rings. The fourth-order valence-electron chi connectivity index (χ4n) is 1.50. The van der Waals surface area contributed by atoms with Gasteiger partial charge in [0.2, 0.25) is 0 Å². The first-order valence-corrected chi connectivity index (χ1v) is 5.33. The molecular formula is C15H10FNO. The van der Waals surface area contributed by atoms with Gasteiger partial charge >= 0.3 is 0 Å². The molecule has 2 aromatic carbocycles. The molecule has 0 atom stereocenters. The summed E-state index contributed by atoms with van der Waals surface area (Å²) in [5.41, 5.74) is 0.868. The highest BCUT2D eigenvalue weighted by molar-refractivity contribution is 5.50. The first-order valence-electron chi connectivity index (χ1n) is 5.33. The van der Waals surface area contributed by atoms with Crippen molar-refractivity contribution < 1.29 is 9.13 Å². The first kappa shape index (κ1) is 11.9. The molecule has 0 spiro atoms. The van der Waals surface area contributed by atoms with Gasteiger partial charge in [-0.05, 0) is 29.8 Å². The maximum Gasteiger partial charge on any atom is 0.148 e. The molecule has 2 nitrogen and oxygen atoms in total. The fraction of sp³-hybridized carbons (Fsp3) is 0. The molecule has 0 aliphatic rings. The van der Waals surface area contributed by atoms with E-state index >= 15 is 0 Å². The maximum absolute atomic E-state index is 13.4. The number of benzene rings is 2. The van der Waals surface area contributed by atoms with E-state index in [4.69, 9.17) is 10.00 Å². The minimum absolute atomic E-state index is 0.0923. The molecule has 0 saturated carbocycles. The van der Waals surface area contributed by atoms with Crippen molar-refractivity contribution in [1.29, 1.82) is 5.26 Å². The molecule has 3 heteroatoms. The molecule has 2 rings (SSSR count). The van der Waals surface area contributed by atoms with Gasteiger partial charge < -0.3 is 4.74 Å². The second-order valence-electron chi connectivity index (χ2n) is 3.60. The van der Waals surface area contributed by atoms with E-state index in [0.717, 1.165) is 5.56 Å². The summed E-state index contributed by atoms with van der Waals surface area (Å²) in [5, 5.41) is 8.88. The molecule has 0 saturated heterocycles. The Morgan fingerprint density at radius 3 is 2.50 bits per heavy atom. The Balaban J connectivity index is 2.31. The zero-order chi connectivity index (χ0) is 13.0. The van der Waals surface area contributed by atoms with Gasteiger partial charge in [0.1, 0.15) is 28.9 Å². The van der Waals surface area contributed by atoms with Crippen LogP contribution >= 0.6 is 0 Å². The normalized spacial score (nSPS) is 9.56. The van der Waals surface area contributed by atoms with Crippen LogP contribution in [-0.4, -0.2) is 0 Å². The molecule has 0 fully saturated rings. The number of halogens is 1. The maximum atomic E-state index is 13.4. The van der Waals surface area contributed by atoms with Gasteiger partial charge in [0.25, 0.3) is 0 Å². The minimum Gasteiger partial charge on any atom is -0.456 e. The minimum atomic E-state index is -0.585. The van der Waals surface area contributed by atoms with Gasteiger partial charge in [0.05, 0.1) is 0 Å². The Labute approximate surface area is 105 Å². The molecule has 88 valence electrons. The largest absolute Gasteiger partial charge is 0.456 e. The number of rotatable bonds is 3. The number of hydrogen-bond donors (Lipinski definition) is 0. The third-order valence-electron chi connectivity index (χ3n) is 2.43. The summed E-state index contributed by atoms with van der Waals surface area (Å²) >= 11 is 0. The van der Waals surface area contributed by atoms with Crippen molar-refractivity contribution in [3.05, 3.63) is 66.0 Å². The SMILES string of the molecule is C=Cc1ccc(Oc2cccc(F)c2C#N)cc1. The van der Waals surface area contributed by atoms with Crippen molar-refractivity contribution >= 4 is 6.08 Å². The zero-order valence-electron chi connectivity index (χ0n) is 9.56. The van der Waals surface area contributed by atoms with Gasteiger partial charge in [0.15, 0.2) is 0 Å². The standard InChI is InChI=1S/C15H10FNO/c1-2-11-6-8-12(9-7-11)18-15-5-3-4-14(16)13(15)10-17/h2-9H,1H2. The van der Waals surface area contributed by atoms with E-state index < -0.39 is 5.82 Å². The van der Waals surface area contributed by atoms with Crippen LogP contribution in [0.4, 0.5) is 4.39 Å². The van der Waals surface area contributed by atoms with E-state index in [0.29, 0.717) is 5.75 Å². The van der Waals surface area contributed by atoms with Crippen LogP contribution in [0.15, 0.2) is 49.0 Å². The smallest absolute Gasteiger partial charge is 0.148 e. The Morgan fingerprint density at radius 2 is 1.89 bits per heavy atom. The van der Waals surface area contributed by atoms with Gasteiger partial charge in [-0.25, -0.2) is 4.39 Å². The van der Waals surface area contributed by atoms with Gasteiger partial charge in [0, 0.05) is 0 Å². The summed E-state index contributed by atoms with van der Waals surface area (Å²) in [7, 11) is 0. The van der Waals surface area contributed by atoms with Gasteiger partial charge in [-0.1, -0.05) is 30.9 Å². The lowest BCUT2D eigenvalue weighted by Crippen LogP contribution is -1.91. The van der Waals surface area contributed by atoms with Crippen LogP contribution in [0.3, 0.4) is 0 Å². The van der Waals surface area contributed by atoms with E-state index in [9.17, 15) is 4.39 Å². The van der Waals surface area contributed by atoms with Crippen LogP contribution in [0.2, 0.25) is 0 Å². The third kappa shape index (κ3) is 2.38. The number of hydrogen-bond acceptors (Lipinski definition) is 2. The van der Waals surface area contributed by atoms with Crippen molar-refractivity contribution in [2.45, 2.75) is 0 Å². The van der Waals surface area contributed by atoms with Crippen molar-refractivity contribution in [2.75, 3.05) is 0 Å². The number of ether oxygens (including phenoxy) is 1. The highest BCUT2D eigenvalue weighted by Gasteiger charge is 2.09. The Morgan fingerprint density at radius 1 is 1.17 bits per heavy atom. The molecule has 0 N–H and O–H groups in total. The predicted octanol–water partition coefficient (Wildman–Crippen LogP) is 4.13. The van der Waals surface area contributed by atoms with Crippen molar-refractivity contribution in [3.8, 4) is 17.6 Å². The number of nitrogens with zero attached hydrogens (tertiary/aromatic N) is 1. The molecular weight excluding hydrogens is 229 g/mol. The van der Waals surface area contributed by atoms with Gasteiger partial charge in [-0.2, -0.15) is 5.26 Å². The lowest BCUT2D eigenvalue weighted by Gasteiger charge is -2.07. The molecule has 0 amide bonds. The Hall–Kier alpha value is -2.60. The van der Waals surface area contributed by atoms with E-state index in [-0.39, 0.29) is 11.3 Å². The molecule has 0 aliphatic heterocycles. The van der Waals surface area contributed by atoms with Crippen molar-refractivity contribution in [3.63, 3.8) is 0 Å². The highest BCUT2D eigenvalue weighted by atomic mass is 19.1. The van der Waals surface area contributed by atoms with E-state index in [2.05, 4.69) is 6.58 Å².